The molecule has 5 nitrogen and oxygen atoms in total. The highest BCUT2D eigenvalue weighted by Gasteiger charge is 2.25. The van der Waals surface area contributed by atoms with Crippen molar-refractivity contribution in [1.82, 2.24) is 0 Å². The van der Waals surface area contributed by atoms with Crippen LogP contribution in [0.2, 0.25) is 0 Å². The lowest BCUT2D eigenvalue weighted by atomic mass is 10.0. The van der Waals surface area contributed by atoms with Gasteiger partial charge in [-0.3, -0.25) is 4.79 Å². The minimum absolute atomic E-state index is 0.0169. The van der Waals surface area contributed by atoms with Crippen LogP contribution in [0.1, 0.15) is 11.1 Å². The van der Waals surface area contributed by atoms with Crippen molar-refractivity contribution in [3.63, 3.8) is 0 Å². The van der Waals surface area contributed by atoms with Crippen LogP contribution in [0.25, 0.3) is 11.6 Å². The summed E-state index contributed by atoms with van der Waals surface area (Å²) in [5, 5.41) is 7.83. The van der Waals surface area contributed by atoms with Crippen molar-refractivity contribution in [1.29, 1.82) is 0 Å². The monoisotopic (exact) mass is 300 g/mol. The van der Waals surface area contributed by atoms with Crippen LogP contribution >= 0.6 is 0 Å². The van der Waals surface area contributed by atoms with Crippen LogP contribution in [0.3, 0.4) is 0 Å². The Morgan fingerprint density at radius 3 is 2.43 bits per heavy atom. The minimum Gasteiger partial charge on any atom is -0.321 e. The van der Waals surface area contributed by atoms with E-state index in [1.807, 2.05) is 30.3 Å². The van der Waals surface area contributed by atoms with E-state index in [1.165, 1.54) is 12.1 Å². The summed E-state index contributed by atoms with van der Waals surface area (Å²) in [5.41, 5.74) is 2.39. The molecule has 1 aliphatic heterocycles. The molecule has 1 aliphatic rings. The first kappa shape index (κ1) is 13.5. The Kier molecular flexibility index (Phi) is 3.12. The Morgan fingerprint density at radius 1 is 1.05 bits per heavy atom. The lowest BCUT2D eigenvalue weighted by Gasteiger charge is -2.02. The summed E-state index contributed by atoms with van der Waals surface area (Å²) >= 11 is 0. The highest BCUT2D eigenvalue weighted by Crippen LogP contribution is 2.34. The highest BCUT2D eigenvalue weighted by atomic mass is 32.2. The van der Waals surface area contributed by atoms with Crippen molar-refractivity contribution in [3.05, 3.63) is 59.7 Å². The summed E-state index contributed by atoms with van der Waals surface area (Å²) in [4.78, 5) is 12.0. The number of nitrogens with one attached hydrogen (secondary N) is 1. The Morgan fingerprint density at radius 2 is 1.76 bits per heavy atom. The molecule has 0 unspecified atom stereocenters. The van der Waals surface area contributed by atoms with Gasteiger partial charge in [0.25, 0.3) is 5.91 Å². The molecule has 0 atom stereocenters. The van der Waals surface area contributed by atoms with Gasteiger partial charge in [-0.15, -0.1) is 0 Å². The van der Waals surface area contributed by atoms with Crippen LogP contribution in [0.5, 0.6) is 0 Å². The maximum Gasteiger partial charge on any atom is 0.256 e. The molecule has 0 saturated carbocycles. The van der Waals surface area contributed by atoms with E-state index in [1.54, 1.807) is 12.1 Å². The van der Waals surface area contributed by atoms with Gasteiger partial charge in [0.1, 0.15) is 0 Å². The average Bonchev–Trinajstić information content (AvgIpc) is 2.75. The number of fused-ring (bicyclic) bond motifs is 1. The maximum absolute atomic E-state index is 12.0. The molecular formula is C15H12N2O3S. The SMILES string of the molecule is NS(=O)(=O)c1ccc2c(c1)/C(=C/c1ccccc1)C(=O)N2. The molecule has 2 aromatic carbocycles. The van der Waals surface area contributed by atoms with E-state index in [0.717, 1.165) is 5.56 Å². The van der Waals surface area contributed by atoms with Gasteiger partial charge in [0, 0.05) is 16.8 Å². The van der Waals surface area contributed by atoms with Gasteiger partial charge < -0.3 is 5.32 Å². The summed E-state index contributed by atoms with van der Waals surface area (Å²) in [7, 11) is -3.80. The molecule has 0 aliphatic carbocycles. The third kappa shape index (κ3) is 2.58. The van der Waals surface area contributed by atoms with Crippen LogP contribution in [0, 0.1) is 0 Å². The molecule has 6 heteroatoms. The largest absolute Gasteiger partial charge is 0.321 e. The first-order chi connectivity index (χ1) is 9.95. The number of primary sulfonamides is 1. The predicted octanol–water partition coefficient (Wildman–Crippen LogP) is 1.83. The molecule has 1 heterocycles. The van der Waals surface area contributed by atoms with Gasteiger partial charge in [0.2, 0.25) is 10.0 Å². The van der Waals surface area contributed by atoms with Crippen LogP contribution in [0.4, 0.5) is 5.69 Å². The first-order valence-electron chi connectivity index (χ1n) is 6.20. The summed E-state index contributed by atoms with van der Waals surface area (Å²) in [5.74, 6) is -0.263. The standard InChI is InChI=1S/C15H12N2O3S/c16-21(19,20)11-6-7-14-12(9-11)13(15(18)17-14)8-10-4-2-1-3-5-10/h1-9H,(H,17,18)(H2,16,19,20)/b13-8-. The van der Waals surface area contributed by atoms with Gasteiger partial charge in [-0.25, -0.2) is 13.6 Å². The fraction of sp³-hybridized carbons (Fsp3) is 0. The minimum atomic E-state index is -3.80. The summed E-state index contributed by atoms with van der Waals surface area (Å²) in [6.07, 6.45) is 1.72. The van der Waals surface area contributed by atoms with Crippen LogP contribution in [0.15, 0.2) is 53.4 Å². The van der Waals surface area contributed by atoms with Gasteiger partial charge >= 0.3 is 0 Å². The van der Waals surface area contributed by atoms with E-state index in [0.29, 0.717) is 16.8 Å². The van der Waals surface area contributed by atoms with E-state index in [-0.39, 0.29) is 10.8 Å². The van der Waals surface area contributed by atoms with Gasteiger partial charge in [-0.1, -0.05) is 30.3 Å². The van der Waals surface area contributed by atoms with Crippen molar-refractivity contribution in [2.24, 2.45) is 5.14 Å². The van der Waals surface area contributed by atoms with Gasteiger partial charge in [-0.05, 0) is 29.8 Å². The lowest BCUT2D eigenvalue weighted by molar-refractivity contribution is -0.110. The summed E-state index contributed by atoms with van der Waals surface area (Å²) in [6.45, 7) is 0. The molecule has 3 N–H and O–H groups in total. The first-order valence-corrected chi connectivity index (χ1v) is 7.75. The lowest BCUT2D eigenvalue weighted by Crippen LogP contribution is -2.12. The van der Waals surface area contributed by atoms with E-state index in [9.17, 15) is 13.2 Å². The zero-order valence-electron chi connectivity index (χ0n) is 10.9. The number of amides is 1. The van der Waals surface area contributed by atoms with E-state index in [4.69, 9.17) is 5.14 Å². The molecule has 0 spiro atoms. The van der Waals surface area contributed by atoms with E-state index in [2.05, 4.69) is 5.32 Å². The summed E-state index contributed by atoms with van der Waals surface area (Å²) < 4.78 is 22.9. The number of rotatable bonds is 2. The normalized spacial score (nSPS) is 15.9. The molecule has 0 fully saturated rings. The van der Waals surface area contributed by atoms with Crippen molar-refractivity contribution in [2.75, 3.05) is 5.32 Å². The molecule has 2 aromatic rings. The van der Waals surface area contributed by atoms with Gasteiger partial charge in [0.05, 0.1) is 4.90 Å². The fourth-order valence-corrected chi connectivity index (χ4v) is 2.74. The topological polar surface area (TPSA) is 89.3 Å². The number of carbonyl (C=O) groups excluding carboxylic acids is 1. The number of carbonyl (C=O) groups is 1. The third-order valence-corrected chi connectivity index (χ3v) is 4.12. The second-order valence-corrected chi connectivity index (χ2v) is 6.24. The van der Waals surface area contributed by atoms with Crippen LogP contribution in [-0.4, -0.2) is 14.3 Å². The molecule has 0 bridgehead atoms. The van der Waals surface area contributed by atoms with E-state index >= 15 is 0 Å². The Labute approximate surface area is 122 Å². The number of nitrogens with two attached hydrogens (primary N) is 1. The average molecular weight is 300 g/mol. The molecule has 0 saturated heterocycles. The highest BCUT2D eigenvalue weighted by molar-refractivity contribution is 7.89. The van der Waals surface area contributed by atoms with Gasteiger partial charge in [0.15, 0.2) is 0 Å². The number of hydrogen-bond donors (Lipinski definition) is 2. The Bertz CT molecular complexity index is 856. The zero-order chi connectivity index (χ0) is 15.0. The van der Waals surface area contributed by atoms with Crippen molar-refractivity contribution >= 4 is 33.3 Å². The zero-order valence-corrected chi connectivity index (χ0v) is 11.7. The smallest absolute Gasteiger partial charge is 0.256 e. The molecule has 0 aromatic heterocycles. The Hall–Kier alpha value is -2.44. The molecule has 0 radical (unpaired) electrons. The van der Waals surface area contributed by atoms with Crippen LogP contribution < -0.4 is 10.5 Å². The van der Waals surface area contributed by atoms with Crippen molar-refractivity contribution in [2.45, 2.75) is 4.90 Å². The number of anilines is 1. The summed E-state index contributed by atoms with van der Waals surface area (Å²) in [6, 6.07) is 13.7. The quantitative estimate of drug-likeness (QED) is 0.829. The molecular weight excluding hydrogens is 288 g/mol. The fourth-order valence-electron chi connectivity index (χ4n) is 2.20. The second-order valence-electron chi connectivity index (χ2n) is 4.68. The predicted molar refractivity (Wildman–Crippen MR) is 80.8 cm³/mol. The molecule has 21 heavy (non-hydrogen) atoms. The van der Waals surface area contributed by atoms with Gasteiger partial charge in [-0.2, -0.15) is 0 Å². The van der Waals surface area contributed by atoms with E-state index < -0.39 is 10.0 Å². The molecule has 106 valence electrons. The molecule has 1 amide bonds. The van der Waals surface area contributed by atoms with Crippen LogP contribution in [-0.2, 0) is 14.8 Å². The van der Waals surface area contributed by atoms with Crippen molar-refractivity contribution < 1.29 is 13.2 Å². The number of hydrogen-bond acceptors (Lipinski definition) is 3. The Balaban J connectivity index is 2.15. The molecule has 3 rings (SSSR count). The van der Waals surface area contributed by atoms with Crippen molar-refractivity contribution in [3.8, 4) is 0 Å². The maximum atomic E-state index is 12.0. The number of benzene rings is 2. The number of sulfonamides is 1. The third-order valence-electron chi connectivity index (χ3n) is 3.21. The second kappa shape index (κ2) is 4.83.